The molecule has 6 nitrogen and oxygen atoms in total. The normalized spacial score (nSPS) is 10.6. The monoisotopic (exact) mass is 332 g/mol. The number of nitrogens with zero attached hydrogens (tertiary/aromatic N) is 2. The molecule has 0 atom stereocenters. The summed E-state index contributed by atoms with van der Waals surface area (Å²) >= 11 is 1.38. The molecule has 1 aromatic heterocycles. The van der Waals surface area contributed by atoms with Crippen molar-refractivity contribution in [1.29, 1.82) is 0 Å². The van der Waals surface area contributed by atoms with Gasteiger partial charge in [-0.15, -0.1) is 11.3 Å². The molecule has 0 unspecified atom stereocenters. The van der Waals surface area contributed by atoms with Crippen LogP contribution in [0, 0.1) is 6.92 Å². The number of benzene rings is 1. The largest absolute Gasteiger partial charge is 0.358 e. The van der Waals surface area contributed by atoms with Crippen molar-refractivity contribution in [2.24, 2.45) is 0 Å². The quantitative estimate of drug-likeness (QED) is 0.845. The fourth-order valence-electron chi connectivity index (χ4n) is 1.97. The molecule has 1 aromatic carbocycles. The Hall–Kier alpha value is -2.25. The molecule has 0 aliphatic heterocycles. The van der Waals surface area contributed by atoms with E-state index < -0.39 is 0 Å². The molecule has 0 aliphatic rings. The molecule has 0 saturated heterocycles. The summed E-state index contributed by atoms with van der Waals surface area (Å²) in [6.07, 6.45) is 0. The Kier molecular flexibility index (Phi) is 5.84. The van der Waals surface area contributed by atoms with Crippen molar-refractivity contribution in [1.82, 2.24) is 15.2 Å². The average molecular weight is 332 g/mol. The average Bonchev–Trinajstić information content (AvgIpc) is 2.95. The van der Waals surface area contributed by atoms with Gasteiger partial charge in [0.25, 0.3) is 0 Å². The van der Waals surface area contributed by atoms with Crippen molar-refractivity contribution in [3.63, 3.8) is 0 Å². The fourth-order valence-corrected chi connectivity index (χ4v) is 2.71. The van der Waals surface area contributed by atoms with Gasteiger partial charge in [0.2, 0.25) is 11.8 Å². The predicted octanol–water partition coefficient (Wildman–Crippen LogP) is 1.73. The number of carbonyl (C=O) groups excluding carboxylic acids is 2. The molecular weight excluding hydrogens is 312 g/mol. The van der Waals surface area contributed by atoms with Gasteiger partial charge in [0.1, 0.15) is 0 Å². The van der Waals surface area contributed by atoms with E-state index in [0.29, 0.717) is 5.13 Å². The number of thiazole rings is 1. The van der Waals surface area contributed by atoms with Gasteiger partial charge >= 0.3 is 0 Å². The summed E-state index contributed by atoms with van der Waals surface area (Å²) in [7, 11) is 3.28. The first-order valence-electron chi connectivity index (χ1n) is 7.19. The van der Waals surface area contributed by atoms with Gasteiger partial charge in [-0.3, -0.25) is 14.5 Å². The second-order valence-electron chi connectivity index (χ2n) is 5.30. The first-order chi connectivity index (χ1) is 11.0. The third kappa shape index (κ3) is 5.15. The lowest BCUT2D eigenvalue weighted by Gasteiger charge is -2.14. The molecule has 0 saturated carbocycles. The number of hydrogen-bond acceptors (Lipinski definition) is 5. The predicted molar refractivity (Wildman–Crippen MR) is 92.5 cm³/mol. The minimum Gasteiger partial charge on any atom is -0.358 e. The van der Waals surface area contributed by atoms with Gasteiger partial charge in [0.15, 0.2) is 5.13 Å². The zero-order chi connectivity index (χ0) is 16.8. The third-order valence-electron chi connectivity index (χ3n) is 3.20. The fraction of sp³-hybridized carbons (Fsp3) is 0.312. The van der Waals surface area contributed by atoms with Gasteiger partial charge in [-0.25, -0.2) is 4.98 Å². The van der Waals surface area contributed by atoms with Crippen molar-refractivity contribution >= 4 is 28.3 Å². The highest BCUT2D eigenvalue weighted by Gasteiger charge is 2.12. The van der Waals surface area contributed by atoms with E-state index in [1.165, 1.54) is 16.9 Å². The van der Waals surface area contributed by atoms with Crippen LogP contribution in [-0.4, -0.2) is 48.9 Å². The highest BCUT2D eigenvalue weighted by Crippen LogP contribution is 2.25. The van der Waals surface area contributed by atoms with Gasteiger partial charge < -0.3 is 10.6 Å². The van der Waals surface area contributed by atoms with Crippen LogP contribution >= 0.6 is 11.3 Å². The molecule has 0 bridgehead atoms. The van der Waals surface area contributed by atoms with Crippen LogP contribution in [0.2, 0.25) is 0 Å². The molecule has 2 rings (SSSR count). The van der Waals surface area contributed by atoms with Crippen LogP contribution in [0.4, 0.5) is 5.13 Å². The summed E-state index contributed by atoms with van der Waals surface area (Å²) < 4.78 is 0. The van der Waals surface area contributed by atoms with Crippen molar-refractivity contribution < 1.29 is 9.59 Å². The molecule has 0 aliphatic carbocycles. The molecule has 7 heteroatoms. The van der Waals surface area contributed by atoms with Crippen molar-refractivity contribution in [3.05, 3.63) is 35.2 Å². The Bertz CT molecular complexity index is 682. The summed E-state index contributed by atoms with van der Waals surface area (Å²) in [5.74, 6) is -0.322. The van der Waals surface area contributed by atoms with Crippen LogP contribution < -0.4 is 10.6 Å². The summed E-state index contributed by atoms with van der Waals surface area (Å²) in [5.41, 5.74) is 3.05. The van der Waals surface area contributed by atoms with E-state index in [1.807, 2.05) is 36.6 Å². The Morgan fingerprint density at radius 1 is 1.17 bits per heavy atom. The lowest BCUT2D eigenvalue weighted by atomic mass is 10.1. The standard InChI is InChI=1S/C16H20N4O2S/c1-11-4-6-12(7-5-11)13-10-23-16(18-13)19-15(22)9-20(3)8-14(21)17-2/h4-7,10H,8-9H2,1-3H3,(H,17,21)(H,18,19,22). The number of aromatic nitrogens is 1. The van der Waals surface area contributed by atoms with E-state index in [9.17, 15) is 9.59 Å². The molecule has 2 aromatic rings. The lowest BCUT2D eigenvalue weighted by Crippen LogP contribution is -2.37. The molecule has 0 spiro atoms. The maximum absolute atomic E-state index is 12.0. The third-order valence-corrected chi connectivity index (χ3v) is 3.96. The highest BCUT2D eigenvalue weighted by atomic mass is 32.1. The maximum Gasteiger partial charge on any atom is 0.240 e. The van der Waals surface area contributed by atoms with Crippen LogP contribution in [0.1, 0.15) is 5.56 Å². The number of anilines is 1. The zero-order valence-corrected chi connectivity index (χ0v) is 14.2. The van der Waals surface area contributed by atoms with Gasteiger partial charge in [0, 0.05) is 18.0 Å². The number of nitrogens with one attached hydrogen (secondary N) is 2. The van der Waals surface area contributed by atoms with E-state index in [-0.39, 0.29) is 24.9 Å². The molecule has 2 amide bonds. The molecule has 0 radical (unpaired) electrons. The Morgan fingerprint density at radius 2 is 1.83 bits per heavy atom. The van der Waals surface area contributed by atoms with E-state index in [2.05, 4.69) is 15.6 Å². The topological polar surface area (TPSA) is 74.3 Å². The molecular formula is C16H20N4O2S. The molecule has 0 fully saturated rings. The minimum absolute atomic E-state index is 0.129. The van der Waals surface area contributed by atoms with E-state index in [0.717, 1.165) is 11.3 Å². The van der Waals surface area contributed by atoms with Crippen LogP contribution in [0.3, 0.4) is 0 Å². The number of carbonyl (C=O) groups is 2. The molecule has 23 heavy (non-hydrogen) atoms. The van der Waals surface area contributed by atoms with Gasteiger partial charge in [0.05, 0.1) is 18.8 Å². The smallest absolute Gasteiger partial charge is 0.240 e. The first kappa shape index (κ1) is 17.1. The minimum atomic E-state index is -0.193. The van der Waals surface area contributed by atoms with Crippen molar-refractivity contribution in [2.45, 2.75) is 6.92 Å². The van der Waals surface area contributed by atoms with Crippen LogP contribution in [0.25, 0.3) is 11.3 Å². The summed E-state index contributed by atoms with van der Waals surface area (Å²) in [4.78, 5) is 29.3. The van der Waals surface area contributed by atoms with Crippen molar-refractivity contribution in [3.8, 4) is 11.3 Å². The summed E-state index contributed by atoms with van der Waals surface area (Å²) in [6, 6.07) is 8.07. The molecule has 1 heterocycles. The lowest BCUT2D eigenvalue weighted by molar-refractivity contribution is -0.122. The number of rotatable bonds is 6. The number of aryl methyl sites for hydroxylation is 1. The zero-order valence-electron chi connectivity index (χ0n) is 13.4. The Labute approximate surface area is 139 Å². The van der Waals surface area contributed by atoms with Crippen molar-refractivity contribution in [2.75, 3.05) is 32.5 Å². The second-order valence-corrected chi connectivity index (χ2v) is 6.16. The van der Waals surface area contributed by atoms with Crippen LogP contribution in [-0.2, 0) is 9.59 Å². The Balaban J connectivity index is 1.92. The first-order valence-corrected chi connectivity index (χ1v) is 8.07. The van der Waals surface area contributed by atoms with Gasteiger partial charge in [-0.1, -0.05) is 29.8 Å². The number of amides is 2. The van der Waals surface area contributed by atoms with Gasteiger partial charge in [-0.05, 0) is 14.0 Å². The highest BCUT2D eigenvalue weighted by molar-refractivity contribution is 7.14. The summed E-state index contributed by atoms with van der Waals surface area (Å²) in [5, 5.41) is 7.75. The molecule has 122 valence electrons. The van der Waals surface area contributed by atoms with Crippen LogP contribution in [0.5, 0.6) is 0 Å². The molecule has 2 N–H and O–H groups in total. The van der Waals surface area contributed by atoms with E-state index >= 15 is 0 Å². The maximum atomic E-state index is 12.0. The number of hydrogen-bond donors (Lipinski definition) is 2. The van der Waals surface area contributed by atoms with E-state index in [4.69, 9.17) is 0 Å². The SMILES string of the molecule is CNC(=O)CN(C)CC(=O)Nc1nc(-c2ccc(C)cc2)cs1. The summed E-state index contributed by atoms with van der Waals surface area (Å²) in [6.45, 7) is 2.34. The number of likely N-dealkylation sites (N-methyl/N-ethyl adjacent to an activating group) is 2. The van der Waals surface area contributed by atoms with E-state index in [1.54, 1.807) is 19.0 Å². The second kappa shape index (κ2) is 7.85. The van der Waals surface area contributed by atoms with Crippen LogP contribution in [0.15, 0.2) is 29.6 Å². The van der Waals surface area contributed by atoms with Gasteiger partial charge in [-0.2, -0.15) is 0 Å². The Morgan fingerprint density at radius 3 is 2.48 bits per heavy atom.